The first kappa shape index (κ1) is 16.1. The lowest BCUT2D eigenvalue weighted by Gasteiger charge is -2.22. The van der Waals surface area contributed by atoms with Gasteiger partial charge in [-0.05, 0) is 25.0 Å². The van der Waals surface area contributed by atoms with Gasteiger partial charge in [0.2, 0.25) is 0 Å². The van der Waals surface area contributed by atoms with E-state index in [2.05, 4.69) is 5.32 Å². The maximum absolute atomic E-state index is 12.5. The number of carbonyl (C=O) groups excluding carboxylic acids is 1. The SMILES string of the molecule is COc1cccc(OC)c1C(=O)NC[C@@H]1COC2(CCCC2)O1. The number of hydrogen-bond acceptors (Lipinski definition) is 5. The summed E-state index contributed by atoms with van der Waals surface area (Å²) >= 11 is 0. The lowest BCUT2D eigenvalue weighted by atomic mass is 10.1. The Labute approximate surface area is 136 Å². The normalized spacial score (nSPS) is 22.3. The number of carbonyl (C=O) groups is 1. The van der Waals surface area contributed by atoms with Crippen LogP contribution in [0.3, 0.4) is 0 Å². The van der Waals surface area contributed by atoms with E-state index in [-0.39, 0.29) is 12.0 Å². The van der Waals surface area contributed by atoms with Crippen molar-refractivity contribution < 1.29 is 23.7 Å². The first-order chi connectivity index (χ1) is 11.2. The van der Waals surface area contributed by atoms with E-state index in [9.17, 15) is 4.79 Å². The highest BCUT2D eigenvalue weighted by molar-refractivity contribution is 5.99. The van der Waals surface area contributed by atoms with Gasteiger partial charge in [-0.2, -0.15) is 0 Å². The minimum Gasteiger partial charge on any atom is -0.496 e. The van der Waals surface area contributed by atoms with Gasteiger partial charge in [-0.25, -0.2) is 0 Å². The molecule has 3 rings (SSSR count). The molecule has 1 heterocycles. The fraction of sp³-hybridized carbons (Fsp3) is 0.588. The van der Waals surface area contributed by atoms with Crippen molar-refractivity contribution in [2.45, 2.75) is 37.6 Å². The maximum Gasteiger partial charge on any atom is 0.258 e. The van der Waals surface area contributed by atoms with E-state index in [0.717, 1.165) is 25.7 Å². The molecule has 0 unspecified atom stereocenters. The van der Waals surface area contributed by atoms with Gasteiger partial charge in [0.15, 0.2) is 5.79 Å². The van der Waals surface area contributed by atoms with Crippen molar-refractivity contribution in [3.8, 4) is 11.5 Å². The van der Waals surface area contributed by atoms with E-state index in [4.69, 9.17) is 18.9 Å². The van der Waals surface area contributed by atoms with Crippen molar-refractivity contribution >= 4 is 5.91 Å². The minimum absolute atomic E-state index is 0.113. The van der Waals surface area contributed by atoms with Crippen molar-refractivity contribution in [2.75, 3.05) is 27.4 Å². The fourth-order valence-electron chi connectivity index (χ4n) is 3.26. The summed E-state index contributed by atoms with van der Waals surface area (Å²) < 4.78 is 22.3. The van der Waals surface area contributed by atoms with Gasteiger partial charge in [-0.15, -0.1) is 0 Å². The number of amides is 1. The number of nitrogens with one attached hydrogen (secondary N) is 1. The summed E-state index contributed by atoms with van der Waals surface area (Å²) in [6, 6.07) is 5.26. The molecule has 0 bridgehead atoms. The van der Waals surface area contributed by atoms with Crippen LogP contribution in [0.4, 0.5) is 0 Å². The molecule has 1 N–H and O–H groups in total. The number of methoxy groups -OCH3 is 2. The quantitative estimate of drug-likeness (QED) is 0.900. The Bertz CT molecular complexity index is 546. The third kappa shape index (κ3) is 3.28. The molecule has 6 nitrogen and oxygen atoms in total. The van der Waals surface area contributed by atoms with Crippen LogP contribution < -0.4 is 14.8 Å². The molecule has 1 aromatic carbocycles. The molecule has 1 atom stereocenters. The van der Waals surface area contributed by atoms with Crippen LogP contribution in [0, 0.1) is 0 Å². The highest BCUT2D eigenvalue weighted by Gasteiger charge is 2.43. The number of ether oxygens (including phenoxy) is 4. The van der Waals surface area contributed by atoms with Gasteiger partial charge in [0.1, 0.15) is 23.2 Å². The standard InChI is InChI=1S/C17H23NO5/c1-20-13-6-5-7-14(21-2)15(13)16(19)18-10-12-11-22-17(23-12)8-3-4-9-17/h5-7,12H,3-4,8-11H2,1-2H3,(H,18,19)/t12-/m1/s1. The van der Waals surface area contributed by atoms with Gasteiger partial charge in [-0.3, -0.25) is 4.79 Å². The van der Waals surface area contributed by atoms with Crippen LogP contribution in [0.5, 0.6) is 11.5 Å². The molecule has 0 aromatic heterocycles. The topological polar surface area (TPSA) is 66.0 Å². The first-order valence-electron chi connectivity index (χ1n) is 7.98. The Morgan fingerprint density at radius 2 is 1.91 bits per heavy atom. The van der Waals surface area contributed by atoms with Gasteiger partial charge >= 0.3 is 0 Å². The van der Waals surface area contributed by atoms with Crippen LogP contribution >= 0.6 is 0 Å². The third-order valence-corrected chi connectivity index (χ3v) is 4.42. The minimum atomic E-state index is -0.405. The molecule has 1 aliphatic heterocycles. The second-order valence-electron chi connectivity index (χ2n) is 5.92. The van der Waals surface area contributed by atoms with E-state index in [0.29, 0.717) is 30.2 Å². The zero-order valence-electron chi connectivity index (χ0n) is 13.6. The number of rotatable bonds is 5. The summed E-state index contributed by atoms with van der Waals surface area (Å²) in [6.45, 7) is 0.922. The molecule has 1 saturated carbocycles. The summed E-state index contributed by atoms with van der Waals surface area (Å²) in [7, 11) is 3.06. The molecule has 1 aromatic rings. The summed E-state index contributed by atoms with van der Waals surface area (Å²) in [5.41, 5.74) is 0.395. The average Bonchev–Trinajstić information content (AvgIpc) is 3.21. The molecule has 1 spiro atoms. The highest BCUT2D eigenvalue weighted by atomic mass is 16.7. The molecule has 6 heteroatoms. The van der Waals surface area contributed by atoms with Crippen molar-refractivity contribution in [1.29, 1.82) is 0 Å². The smallest absolute Gasteiger partial charge is 0.258 e. The molecule has 1 saturated heterocycles. The predicted molar refractivity (Wildman–Crippen MR) is 83.9 cm³/mol. The van der Waals surface area contributed by atoms with Crippen molar-refractivity contribution in [1.82, 2.24) is 5.32 Å². The molecule has 126 valence electrons. The predicted octanol–water partition coefficient (Wildman–Crippen LogP) is 2.12. The van der Waals surface area contributed by atoms with Gasteiger partial charge in [0, 0.05) is 19.4 Å². The molecule has 1 aliphatic carbocycles. The molecule has 1 amide bonds. The zero-order valence-corrected chi connectivity index (χ0v) is 13.6. The molecule has 23 heavy (non-hydrogen) atoms. The summed E-state index contributed by atoms with van der Waals surface area (Å²) in [6.07, 6.45) is 4.04. The van der Waals surface area contributed by atoms with Crippen LogP contribution in [0.2, 0.25) is 0 Å². The molecular formula is C17H23NO5. The van der Waals surface area contributed by atoms with Crippen LogP contribution in [0.1, 0.15) is 36.0 Å². The summed E-state index contributed by atoms with van der Waals surface area (Å²) in [5.74, 6) is 0.322. The first-order valence-corrected chi connectivity index (χ1v) is 7.98. The molecule has 2 aliphatic rings. The van der Waals surface area contributed by atoms with E-state index < -0.39 is 5.79 Å². The third-order valence-electron chi connectivity index (χ3n) is 4.42. The van der Waals surface area contributed by atoms with Crippen LogP contribution in [0.25, 0.3) is 0 Å². The van der Waals surface area contributed by atoms with E-state index in [1.54, 1.807) is 18.2 Å². The Morgan fingerprint density at radius 1 is 1.26 bits per heavy atom. The van der Waals surface area contributed by atoms with Crippen LogP contribution in [-0.2, 0) is 9.47 Å². The van der Waals surface area contributed by atoms with E-state index >= 15 is 0 Å². The van der Waals surface area contributed by atoms with Crippen LogP contribution in [0.15, 0.2) is 18.2 Å². The average molecular weight is 321 g/mol. The van der Waals surface area contributed by atoms with Crippen molar-refractivity contribution in [2.24, 2.45) is 0 Å². The summed E-state index contributed by atoms with van der Waals surface area (Å²) in [5, 5.41) is 2.89. The highest BCUT2D eigenvalue weighted by Crippen LogP contribution is 2.39. The second kappa shape index (κ2) is 6.76. The molecule has 2 fully saturated rings. The van der Waals surface area contributed by atoms with Gasteiger partial charge in [-0.1, -0.05) is 6.07 Å². The Kier molecular flexibility index (Phi) is 4.73. The Morgan fingerprint density at radius 3 is 2.52 bits per heavy atom. The van der Waals surface area contributed by atoms with Gasteiger partial charge in [0.05, 0.1) is 20.8 Å². The second-order valence-corrected chi connectivity index (χ2v) is 5.92. The van der Waals surface area contributed by atoms with Crippen molar-refractivity contribution in [3.63, 3.8) is 0 Å². The van der Waals surface area contributed by atoms with Crippen molar-refractivity contribution in [3.05, 3.63) is 23.8 Å². The molecular weight excluding hydrogens is 298 g/mol. The Balaban J connectivity index is 1.62. The lowest BCUT2D eigenvalue weighted by molar-refractivity contribution is -0.161. The fourth-order valence-corrected chi connectivity index (χ4v) is 3.26. The largest absolute Gasteiger partial charge is 0.496 e. The number of benzene rings is 1. The Hall–Kier alpha value is -1.79. The van der Waals surface area contributed by atoms with Gasteiger partial charge in [0.25, 0.3) is 5.91 Å². The molecule has 0 radical (unpaired) electrons. The van der Waals surface area contributed by atoms with E-state index in [1.807, 2.05) is 0 Å². The van der Waals surface area contributed by atoms with Crippen LogP contribution in [-0.4, -0.2) is 45.2 Å². The maximum atomic E-state index is 12.5. The number of hydrogen-bond donors (Lipinski definition) is 1. The lowest BCUT2D eigenvalue weighted by Crippen LogP contribution is -2.35. The monoisotopic (exact) mass is 321 g/mol. The van der Waals surface area contributed by atoms with E-state index in [1.165, 1.54) is 14.2 Å². The van der Waals surface area contributed by atoms with Gasteiger partial charge < -0.3 is 24.3 Å². The zero-order chi connectivity index (χ0) is 16.3. The summed E-state index contributed by atoms with van der Waals surface area (Å²) in [4.78, 5) is 12.5.